The molecule has 0 heterocycles. The van der Waals surface area contributed by atoms with Crippen molar-refractivity contribution in [3.63, 3.8) is 0 Å². The minimum Gasteiger partial charge on any atom is -0.0651 e. The maximum absolute atomic E-state index is 2.45. The SMILES string of the molecule is CCc1ccc(C(c2ccc(CCC3CC3)cc2)C(c2ccc(CCC(C)CC)cc2)c2ccc(CCC3CC3)cc2)cc1. The van der Waals surface area contributed by atoms with Crippen molar-refractivity contribution in [1.29, 1.82) is 0 Å². The molecule has 44 heavy (non-hydrogen) atoms. The average molecular weight is 583 g/mol. The summed E-state index contributed by atoms with van der Waals surface area (Å²) < 4.78 is 0. The number of rotatable bonds is 16. The summed E-state index contributed by atoms with van der Waals surface area (Å²) in [5.74, 6) is 3.24. The predicted molar refractivity (Wildman–Crippen MR) is 189 cm³/mol. The van der Waals surface area contributed by atoms with Crippen molar-refractivity contribution in [2.24, 2.45) is 17.8 Å². The first-order valence-corrected chi connectivity index (χ1v) is 17.9. The van der Waals surface area contributed by atoms with Crippen LogP contribution in [0.2, 0.25) is 0 Å². The second-order valence-corrected chi connectivity index (χ2v) is 14.3. The Bertz CT molecular complexity index is 1420. The van der Waals surface area contributed by atoms with Crippen LogP contribution in [0.15, 0.2) is 97.1 Å². The quantitative estimate of drug-likeness (QED) is 0.123. The summed E-state index contributed by atoms with van der Waals surface area (Å²) in [5, 5.41) is 0. The number of hydrogen-bond donors (Lipinski definition) is 0. The number of hydrogen-bond acceptors (Lipinski definition) is 0. The molecule has 2 aliphatic carbocycles. The minimum absolute atomic E-state index is 0.251. The van der Waals surface area contributed by atoms with Crippen LogP contribution in [0.25, 0.3) is 0 Å². The molecule has 4 aromatic carbocycles. The van der Waals surface area contributed by atoms with Gasteiger partial charge in [0.2, 0.25) is 0 Å². The van der Waals surface area contributed by atoms with Crippen LogP contribution in [0.4, 0.5) is 0 Å². The molecule has 2 aliphatic rings. The normalized spacial score (nSPS) is 16.9. The molecule has 0 bridgehead atoms. The van der Waals surface area contributed by atoms with Gasteiger partial charge in [-0.2, -0.15) is 0 Å². The number of aryl methyl sites for hydroxylation is 4. The van der Waals surface area contributed by atoms with Gasteiger partial charge in [-0.25, -0.2) is 0 Å². The van der Waals surface area contributed by atoms with Gasteiger partial charge in [0.15, 0.2) is 0 Å². The van der Waals surface area contributed by atoms with Crippen LogP contribution in [-0.2, 0) is 25.7 Å². The third-order valence-corrected chi connectivity index (χ3v) is 10.8. The Kier molecular flexibility index (Phi) is 10.4. The molecule has 0 aliphatic heterocycles. The zero-order valence-corrected chi connectivity index (χ0v) is 27.6. The Balaban J connectivity index is 1.36. The number of benzene rings is 4. The van der Waals surface area contributed by atoms with Gasteiger partial charge in [0.05, 0.1) is 0 Å². The fraction of sp³-hybridized carbons (Fsp3) is 0.455. The van der Waals surface area contributed by atoms with E-state index in [2.05, 4.69) is 118 Å². The predicted octanol–water partition coefficient (Wildman–Crippen LogP) is 11.9. The summed E-state index contributed by atoms with van der Waals surface area (Å²) in [7, 11) is 0. The fourth-order valence-electron chi connectivity index (χ4n) is 6.96. The lowest BCUT2D eigenvalue weighted by molar-refractivity contribution is 0.516. The van der Waals surface area contributed by atoms with Crippen molar-refractivity contribution >= 4 is 0 Å². The maximum Gasteiger partial charge on any atom is 0.0199 e. The molecule has 2 saturated carbocycles. The second-order valence-electron chi connectivity index (χ2n) is 14.3. The van der Waals surface area contributed by atoms with E-state index in [0.717, 1.165) is 24.2 Å². The van der Waals surface area contributed by atoms with E-state index in [1.807, 2.05) is 0 Å². The monoisotopic (exact) mass is 582 g/mol. The molecule has 230 valence electrons. The molecule has 0 radical (unpaired) electrons. The molecule has 3 atom stereocenters. The summed E-state index contributed by atoms with van der Waals surface area (Å²) in [6.45, 7) is 6.94. The summed E-state index contributed by atoms with van der Waals surface area (Å²) >= 11 is 0. The minimum atomic E-state index is 0.251. The highest BCUT2D eigenvalue weighted by molar-refractivity contribution is 5.46. The van der Waals surface area contributed by atoms with Gasteiger partial charge in [-0.05, 0) is 107 Å². The van der Waals surface area contributed by atoms with Gasteiger partial charge < -0.3 is 0 Å². The molecule has 0 aromatic heterocycles. The summed E-state index contributed by atoms with van der Waals surface area (Å²) in [6.07, 6.45) is 15.6. The molecule has 0 heteroatoms. The standard InChI is InChI=1S/C44H54/c1-4-32(3)6-7-34-18-26-40(27-19-34)44(42-30-22-38(23-31-42)15-13-36-10-11-36)43(39-24-16-33(5-2)17-25-39)41-28-20-37(21-29-41)14-12-35-8-9-35/h16-32,35-36,43-44H,4-15H2,1-3H3. The van der Waals surface area contributed by atoms with Crippen molar-refractivity contribution in [2.45, 2.75) is 110 Å². The molecule has 0 nitrogen and oxygen atoms in total. The van der Waals surface area contributed by atoms with Crippen LogP contribution >= 0.6 is 0 Å². The van der Waals surface area contributed by atoms with Gasteiger partial charge in [0.25, 0.3) is 0 Å². The third kappa shape index (κ3) is 8.32. The van der Waals surface area contributed by atoms with Gasteiger partial charge in [-0.15, -0.1) is 0 Å². The molecule has 4 aromatic rings. The van der Waals surface area contributed by atoms with Crippen LogP contribution in [0, 0.1) is 17.8 Å². The lowest BCUT2D eigenvalue weighted by Crippen LogP contribution is -2.15. The van der Waals surface area contributed by atoms with E-state index in [0.29, 0.717) is 0 Å². The molecule has 2 fully saturated rings. The smallest absolute Gasteiger partial charge is 0.0199 e. The summed E-state index contributed by atoms with van der Waals surface area (Å²) in [4.78, 5) is 0. The van der Waals surface area contributed by atoms with Crippen molar-refractivity contribution in [3.05, 3.63) is 142 Å². The topological polar surface area (TPSA) is 0 Å². The Morgan fingerprint density at radius 3 is 1.14 bits per heavy atom. The summed E-state index contributed by atoms with van der Waals surface area (Å²) in [6, 6.07) is 38.7. The Labute approximate surface area is 268 Å². The highest BCUT2D eigenvalue weighted by Gasteiger charge is 2.29. The van der Waals surface area contributed by atoms with Crippen LogP contribution in [0.3, 0.4) is 0 Å². The van der Waals surface area contributed by atoms with Crippen LogP contribution < -0.4 is 0 Å². The first kappa shape index (κ1) is 30.9. The average Bonchev–Trinajstić information content (AvgIpc) is 4.01. The van der Waals surface area contributed by atoms with E-state index < -0.39 is 0 Å². The van der Waals surface area contributed by atoms with Crippen LogP contribution in [-0.4, -0.2) is 0 Å². The van der Waals surface area contributed by atoms with Crippen molar-refractivity contribution in [3.8, 4) is 0 Å². The van der Waals surface area contributed by atoms with E-state index in [1.54, 1.807) is 0 Å². The Morgan fingerprint density at radius 1 is 0.477 bits per heavy atom. The molecular formula is C44H54. The van der Waals surface area contributed by atoms with Gasteiger partial charge in [-0.1, -0.05) is 150 Å². The van der Waals surface area contributed by atoms with Crippen LogP contribution in [0.1, 0.15) is 128 Å². The fourth-order valence-corrected chi connectivity index (χ4v) is 6.96. The molecule has 6 rings (SSSR count). The van der Waals surface area contributed by atoms with Crippen LogP contribution in [0.5, 0.6) is 0 Å². The van der Waals surface area contributed by atoms with Gasteiger partial charge in [0, 0.05) is 11.8 Å². The van der Waals surface area contributed by atoms with E-state index in [-0.39, 0.29) is 11.8 Å². The lowest BCUT2D eigenvalue weighted by atomic mass is 9.73. The molecule has 0 spiro atoms. The highest BCUT2D eigenvalue weighted by Crippen LogP contribution is 2.44. The highest BCUT2D eigenvalue weighted by atomic mass is 14.3. The van der Waals surface area contributed by atoms with Crippen molar-refractivity contribution in [1.82, 2.24) is 0 Å². The molecular weight excluding hydrogens is 528 g/mol. The van der Waals surface area contributed by atoms with E-state index in [9.17, 15) is 0 Å². The Morgan fingerprint density at radius 2 is 0.818 bits per heavy atom. The van der Waals surface area contributed by atoms with E-state index in [1.165, 1.54) is 115 Å². The van der Waals surface area contributed by atoms with E-state index in [4.69, 9.17) is 0 Å². The van der Waals surface area contributed by atoms with Gasteiger partial charge >= 0.3 is 0 Å². The van der Waals surface area contributed by atoms with Crippen molar-refractivity contribution in [2.75, 3.05) is 0 Å². The lowest BCUT2D eigenvalue weighted by Gasteiger charge is -2.30. The largest absolute Gasteiger partial charge is 0.0651 e. The molecule has 0 amide bonds. The molecule has 3 unspecified atom stereocenters. The van der Waals surface area contributed by atoms with Gasteiger partial charge in [0.1, 0.15) is 0 Å². The molecule has 0 saturated heterocycles. The summed E-state index contributed by atoms with van der Waals surface area (Å²) in [5.41, 5.74) is 11.5. The van der Waals surface area contributed by atoms with Crippen molar-refractivity contribution < 1.29 is 0 Å². The third-order valence-electron chi connectivity index (χ3n) is 10.8. The first-order valence-electron chi connectivity index (χ1n) is 17.9. The maximum atomic E-state index is 2.45. The molecule has 0 N–H and O–H groups in total. The second kappa shape index (κ2) is 14.8. The first-order chi connectivity index (χ1) is 21.6. The van der Waals surface area contributed by atoms with E-state index >= 15 is 0 Å². The zero-order chi connectivity index (χ0) is 30.3. The zero-order valence-electron chi connectivity index (χ0n) is 27.6. The Hall–Kier alpha value is -3.12. The van der Waals surface area contributed by atoms with Gasteiger partial charge in [-0.3, -0.25) is 0 Å².